The number of benzene rings is 1. The van der Waals surface area contributed by atoms with Gasteiger partial charge in [0.05, 0.1) is 5.92 Å². The van der Waals surface area contributed by atoms with E-state index in [1.165, 1.54) is 5.56 Å². The normalized spacial score (nSPS) is 13.4. The van der Waals surface area contributed by atoms with Crippen LogP contribution in [0.5, 0.6) is 0 Å². The summed E-state index contributed by atoms with van der Waals surface area (Å²) in [7, 11) is 0. The number of nitrogens with one attached hydrogen (secondary N) is 1. The first kappa shape index (κ1) is 15.7. The summed E-state index contributed by atoms with van der Waals surface area (Å²) in [6.45, 7) is 12.4. The third-order valence-electron chi connectivity index (χ3n) is 3.02. The number of carbonyl (C=O) groups is 1. The molecule has 1 rings (SSSR count). The van der Waals surface area contributed by atoms with Gasteiger partial charge in [0.15, 0.2) is 0 Å². The highest BCUT2D eigenvalue weighted by Crippen LogP contribution is 2.18. The van der Waals surface area contributed by atoms with Crippen molar-refractivity contribution in [2.45, 2.75) is 59.4 Å². The van der Waals surface area contributed by atoms with Gasteiger partial charge in [-0.1, -0.05) is 38.1 Å². The van der Waals surface area contributed by atoms with Crippen LogP contribution in [0.3, 0.4) is 0 Å². The van der Waals surface area contributed by atoms with Crippen molar-refractivity contribution >= 4 is 5.91 Å². The molecule has 1 atom stereocenters. The van der Waals surface area contributed by atoms with Crippen molar-refractivity contribution in [1.29, 1.82) is 0 Å². The third-order valence-corrected chi connectivity index (χ3v) is 3.02. The predicted octanol–water partition coefficient (Wildman–Crippen LogP) is 3.90. The van der Waals surface area contributed by atoms with Crippen LogP contribution in [-0.4, -0.2) is 11.4 Å². The predicted molar refractivity (Wildman–Crippen MR) is 81.3 cm³/mol. The van der Waals surface area contributed by atoms with Crippen LogP contribution in [0.15, 0.2) is 24.3 Å². The molecule has 1 aromatic carbocycles. The fourth-order valence-corrected chi connectivity index (χ4v) is 2.04. The zero-order chi connectivity index (χ0) is 14.6. The van der Waals surface area contributed by atoms with Gasteiger partial charge < -0.3 is 5.32 Å². The van der Waals surface area contributed by atoms with Crippen molar-refractivity contribution in [3.63, 3.8) is 0 Å². The molecule has 106 valence electrons. The van der Waals surface area contributed by atoms with Gasteiger partial charge in [-0.15, -0.1) is 0 Å². The molecule has 0 aliphatic heterocycles. The van der Waals surface area contributed by atoms with Gasteiger partial charge in [0.2, 0.25) is 5.91 Å². The molecule has 2 nitrogen and oxygen atoms in total. The third kappa shape index (κ3) is 5.46. The first-order chi connectivity index (χ1) is 8.69. The minimum Gasteiger partial charge on any atom is -0.351 e. The highest BCUT2D eigenvalue weighted by atomic mass is 16.2. The molecular formula is C17H27NO. The molecule has 0 unspecified atom stereocenters. The van der Waals surface area contributed by atoms with Gasteiger partial charge in [-0.3, -0.25) is 4.79 Å². The van der Waals surface area contributed by atoms with E-state index < -0.39 is 0 Å². The van der Waals surface area contributed by atoms with E-state index >= 15 is 0 Å². The van der Waals surface area contributed by atoms with E-state index in [1.807, 2.05) is 27.7 Å². The smallest absolute Gasteiger partial charge is 0.227 e. The fourth-order valence-electron chi connectivity index (χ4n) is 2.04. The maximum atomic E-state index is 12.1. The minimum atomic E-state index is -0.178. The van der Waals surface area contributed by atoms with E-state index in [4.69, 9.17) is 0 Å². The average molecular weight is 261 g/mol. The van der Waals surface area contributed by atoms with Crippen LogP contribution in [0.1, 0.15) is 58.6 Å². The zero-order valence-corrected chi connectivity index (χ0v) is 13.1. The molecule has 0 spiro atoms. The number of hydrogen-bond acceptors (Lipinski definition) is 1. The van der Waals surface area contributed by atoms with E-state index in [-0.39, 0.29) is 17.4 Å². The number of carbonyl (C=O) groups excluding carboxylic acids is 1. The Balaban J connectivity index is 2.72. The van der Waals surface area contributed by atoms with Crippen molar-refractivity contribution in [3.8, 4) is 0 Å². The van der Waals surface area contributed by atoms with Gasteiger partial charge >= 0.3 is 0 Å². The van der Waals surface area contributed by atoms with E-state index in [1.54, 1.807) is 0 Å². The molecular weight excluding hydrogens is 234 g/mol. The Morgan fingerprint density at radius 2 is 1.63 bits per heavy atom. The van der Waals surface area contributed by atoms with Crippen LogP contribution in [-0.2, 0) is 11.2 Å². The van der Waals surface area contributed by atoms with Gasteiger partial charge in [-0.05, 0) is 51.2 Å². The molecule has 1 aromatic rings. The van der Waals surface area contributed by atoms with Crippen molar-refractivity contribution in [2.75, 3.05) is 0 Å². The average Bonchev–Trinajstić information content (AvgIpc) is 2.26. The molecule has 0 fully saturated rings. The van der Waals surface area contributed by atoms with Crippen LogP contribution in [0.2, 0.25) is 0 Å². The standard InChI is InChI=1S/C17H27NO/c1-12(2)11-14-7-9-15(10-8-14)13(3)16(19)18-17(4,5)6/h7-10,12-13H,11H2,1-6H3,(H,18,19)/t13-/m0/s1. The highest BCUT2D eigenvalue weighted by molar-refractivity contribution is 5.83. The van der Waals surface area contributed by atoms with Gasteiger partial charge in [-0.2, -0.15) is 0 Å². The van der Waals surface area contributed by atoms with E-state index in [0.29, 0.717) is 5.92 Å². The largest absolute Gasteiger partial charge is 0.351 e. The van der Waals surface area contributed by atoms with Crippen molar-refractivity contribution < 1.29 is 4.79 Å². The molecule has 0 aliphatic rings. The van der Waals surface area contributed by atoms with Crippen LogP contribution < -0.4 is 5.32 Å². The molecule has 0 heterocycles. The molecule has 2 heteroatoms. The Morgan fingerprint density at radius 1 is 1.11 bits per heavy atom. The topological polar surface area (TPSA) is 29.1 Å². The molecule has 0 radical (unpaired) electrons. The summed E-state index contributed by atoms with van der Waals surface area (Å²) in [6, 6.07) is 8.42. The first-order valence-corrected chi connectivity index (χ1v) is 7.10. The zero-order valence-electron chi connectivity index (χ0n) is 13.1. The Bertz CT molecular complexity index is 412. The maximum absolute atomic E-state index is 12.1. The Morgan fingerprint density at radius 3 is 2.05 bits per heavy atom. The molecule has 0 saturated carbocycles. The second-order valence-electron chi connectivity index (χ2n) is 6.80. The van der Waals surface area contributed by atoms with E-state index in [0.717, 1.165) is 12.0 Å². The van der Waals surface area contributed by atoms with Crippen molar-refractivity contribution in [2.24, 2.45) is 5.92 Å². The molecule has 19 heavy (non-hydrogen) atoms. The summed E-state index contributed by atoms with van der Waals surface area (Å²) in [5, 5.41) is 3.03. The molecule has 0 saturated heterocycles. The summed E-state index contributed by atoms with van der Waals surface area (Å²) >= 11 is 0. The second kappa shape index (κ2) is 6.23. The van der Waals surface area contributed by atoms with Crippen molar-refractivity contribution in [3.05, 3.63) is 35.4 Å². The maximum Gasteiger partial charge on any atom is 0.227 e. The van der Waals surface area contributed by atoms with Crippen LogP contribution in [0.25, 0.3) is 0 Å². The lowest BCUT2D eigenvalue weighted by molar-refractivity contribution is -0.123. The quantitative estimate of drug-likeness (QED) is 0.875. The molecule has 0 aliphatic carbocycles. The summed E-state index contributed by atoms with van der Waals surface area (Å²) in [4.78, 5) is 12.1. The first-order valence-electron chi connectivity index (χ1n) is 7.10. The van der Waals surface area contributed by atoms with E-state index in [9.17, 15) is 4.79 Å². The highest BCUT2D eigenvalue weighted by Gasteiger charge is 2.20. The molecule has 0 aromatic heterocycles. The number of hydrogen-bond donors (Lipinski definition) is 1. The molecule has 1 N–H and O–H groups in total. The van der Waals surface area contributed by atoms with Gasteiger partial charge in [0.25, 0.3) is 0 Å². The summed E-state index contributed by atoms with van der Waals surface area (Å²) in [5.74, 6) is 0.642. The number of amides is 1. The second-order valence-corrected chi connectivity index (χ2v) is 6.80. The van der Waals surface area contributed by atoms with Crippen LogP contribution in [0, 0.1) is 5.92 Å². The van der Waals surface area contributed by atoms with E-state index in [2.05, 4.69) is 43.4 Å². The monoisotopic (exact) mass is 261 g/mol. The number of rotatable bonds is 4. The molecule has 0 bridgehead atoms. The Hall–Kier alpha value is -1.31. The SMILES string of the molecule is CC(C)Cc1ccc([C@H](C)C(=O)NC(C)(C)C)cc1. The Kier molecular flexibility index (Phi) is 5.16. The van der Waals surface area contributed by atoms with Gasteiger partial charge in [0, 0.05) is 5.54 Å². The summed E-state index contributed by atoms with van der Waals surface area (Å²) < 4.78 is 0. The van der Waals surface area contributed by atoms with Crippen LogP contribution >= 0.6 is 0 Å². The summed E-state index contributed by atoms with van der Waals surface area (Å²) in [5.41, 5.74) is 2.24. The van der Waals surface area contributed by atoms with Crippen molar-refractivity contribution in [1.82, 2.24) is 5.32 Å². The Labute approximate surface area is 117 Å². The lowest BCUT2D eigenvalue weighted by atomic mass is 9.95. The lowest BCUT2D eigenvalue weighted by Crippen LogP contribution is -2.42. The minimum absolute atomic E-state index is 0.0871. The molecule has 1 amide bonds. The lowest BCUT2D eigenvalue weighted by Gasteiger charge is -2.23. The van der Waals surface area contributed by atoms with Crippen LogP contribution in [0.4, 0.5) is 0 Å². The van der Waals surface area contributed by atoms with Gasteiger partial charge in [0.1, 0.15) is 0 Å². The fraction of sp³-hybridized carbons (Fsp3) is 0.588. The summed E-state index contributed by atoms with van der Waals surface area (Å²) in [6.07, 6.45) is 1.09. The van der Waals surface area contributed by atoms with Gasteiger partial charge in [-0.25, -0.2) is 0 Å².